The van der Waals surface area contributed by atoms with Gasteiger partial charge in [0.2, 0.25) is 0 Å². The van der Waals surface area contributed by atoms with E-state index in [1.165, 1.54) is 0 Å². The summed E-state index contributed by atoms with van der Waals surface area (Å²) in [5, 5.41) is 38.4. The van der Waals surface area contributed by atoms with E-state index in [-0.39, 0.29) is 118 Å². The van der Waals surface area contributed by atoms with Crippen molar-refractivity contribution >= 4 is 83.1 Å². The number of aromatic nitrogens is 12. The topological polar surface area (TPSA) is 229 Å². The van der Waals surface area contributed by atoms with Gasteiger partial charge in [0.1, 0.15) is 85.1 Å². The molecule has 0 unspecified atom stereocenters. The molecule has 12 aromatic heterocycles. The Morgan fingerprint density at radius 3 is 1.09 bits per heavy atom. The van der Waals surface area contributed by atoms with Gasteiger partial charge in [0.15, 0.2) is 11.2 Å². The van der Waals surface area contributed by atoms with Gasteiger partial charge in [-0.1, -0.05) is 319 Å². The van der Waals surface area contributed by atoms with E-state index in [0.717, 1.165) is 223 Å². The number of furan rings is 3. The van der Waals surface area contributed by atoms with Crippen LogP contribution in [0.25, 0.3) is 207 Å². The summed E-state index contributed by atoms with van der Waals surface area (Å²) >= 11 is 0. The number of aromatic hydroxyl groups is 3. The molecule has 0 aliphatic heterocycles. The average Bonchev–Trinajstić information content (AvgIpc) is 1.54. The van der Waals surface area contributed by atoms with Gasteiger partial charge in [-0.15, -0.1) is 82.9 Å². The Labute approximate surface area is 917 Å². The van der Waals surface area contributed by atoms with Crippen LogP contribution in [0.5, 0.6) is 17.2 Å². The zero-order valence-corrected chi connectivity index (χ0v) is 95.3. The van der Waals surface area contributed by atoms with Crippen molar-refractivity contribution in [2.24, 2.45) is 0 Å². The van der Waals surface area contributed by atoms with Gasteiger partial charge >= 0.3 is 0 Å². The molecule has 0 amide bonds. The smallest absolute Gasteiger partial charge is 0.170 e. The van der Waals surface area contributed by atoms with Crippen LogP contribution >= 0.6 is 0 Å². The number of imidazole rings is 3. The Morgan fingerprint density at radius 2 is 0.627 bits per heavy atom. The second kappa shape index (κ2) is 39.8. The number of fused-ring (bicyclic) bond motifs is 12. The maximum Gasteiger partial charge on any atom is 0.170 e. The van der Waals surface area contributed by atoms with Crippen LogP contribution in [0.2, 0.25) is 0 Å². The average molecular weight is 2520 g/mol. The molecule has 0 bridgehead atoms. The number of rotatable bonds is 11. The van der Waals surface area contributed by atoms with E-state index in [0.29, 0.717) is 34.1 Å². The number of phenols is 3. The number of hydrogen-bond donors (Lipinski definition) is 3. The molecule has 0 fully saturated rings. The summed E-state index contributed by atoms with van der Waals surface area (Å²) in [6, 6.07) is 95.0. The molecule has 23 rings (SSSR count). The molecule has 0 spiro atoms. The van der Waals surface area contributed by atoms with Gasteiger partial charge in [-0.05, 0) is 145 Å². The zero-order valence-electron chi connectivity index (χ0n) is 88.5. The monoisotopic (exact) mass is 2520 g/mol. The first-order valence-corrected chi connectivity index (χ1v) is 50.2. The predicted octanol–water partition coefficient (Wildman–Crippen LogP) is 32.6. The second-order valence-corrected chi connectivity index (χ2v) is 45.9. The second-order valence-electron chi connectivity index (χ2n) is 45.9. The van der Waals surface area contributed by atoms with Crippen LogP contribution in [0.4, 0.5) is 0 Å². The number of pyridine rings is 3. The van der Waals surface area contributed by atoms with Gasteiger partial charge in [-0.2, -0.15) is 0 Å². The molecule has 21 heteroatoms. The standard InChI is InChI=1S/C44H39N4O2.C43H37N4O2.C42H43N4O2.3Pt/c1-26-38(34-23-31(43(2,3)4)24-35(40(34)49)44(5,6)7)47-42-32(17-13-19-48(26)42)29-20-28(27-14-9-8-10-15-27)21-30(22-29)41-45-25-37-39(46-41)33-16-11-12-18-36(33)50-37;1-42(2,3)29-23-32(39(48)33(24-29)43(4,5)6)37-38(26-14-8-7-9-15-26)47-21-13-19-30(41(47)46-37)27-16-12-17-28(22-27)40-44-25-35-36(45-40)31-18-10-11-20-34(31)49-35;1-24-34(31-21-28(41(5,6)7)22-32(37(31)47)42(8,9)10)45-39-29(15-13-17-46(24)39)25-18-26(20-27(19-25)40(2,3)4)35-38-36(44-23-43-35)30-14-11-12-16-33(30)48-38;;;/h8-21,23-25,49H,1-7H3;7-21,23-25,48H,1-6H3;11-17,19-23,47H,1-10H3;;;/q3*-1;;;. The Balaban J connectivity index is 0.000000145. The van der Waals surface area contributed by atoms with Crippen molar-refractivity contribution < 1.29 is 91.8 Å². The maximum absolute atomic E-state index is 12.0. The first-order valence-electron chi connectivity index (χ1n) is 50.2. The molecule has 18 nitrogen and oxygen atoms in total. The minimum atomic E-state index is -0.277. The number of para-hydroxylation sites is 3. The van der Waals surface area contributed by atoms with Crippen LogP contribution in [0, 0.1) is 32.0 Å². The largest absolute Gasteiger partial charge is 0.507 e. The molecule has 23 aromatic rings. The van der Waals surface area contributed by atoms with Crippen molar-refractivity contribution in [2.75, 3.05) is 0 Å². The summed E-state index contributed by atoms with van der Waals surface area (Å²) in [4.78, 5) is 44.5. The van der Waals surface area contributed by atoms with Gasteiger partial charge < -0.3 is 41.8 Å². The molecule has 150 heavy (non-hydrogen) atoms. The van der Waals surface area contributed by atoms with Gasteiger partial charge in [0.05, 0.1) is 46.8 Å². The minimum Gasteiger partial charge on any atom is -0.507 e. The minimum absolute atomic E-state index is 0. The van der Waals surface area contributed by atoms with Crippen molar-refractivity contribution in [2.45, 2.75) is 197 Å². The van der Waals surface area contributed by atoms with E-state index in [9.17, 15) is 15.3 Å². The Morgan fingerprint density at radius 1 is 0.267 bits per heavy atom. The van der Waals surface area contributed by atoms with Crippen LogP contribution < -0.4 is 0 Å². The summed E-state index contributed by atoms with van der Waals surface area (Å²) in [6.45, 7) is 49.8. The van der Waals surface area contributed by atoms with E-state index >= 15 is 0 Å². The normalized spacial score (nSPS) is 12.3. The molecule has 0 aliphatic rings. The Kier molecular flexibility index (Phi) is 28.0. The first-order chi connectivity index (χ1) is 69.9. The predicted molar refractivity (Wildman–Crippen MR) is 596 cm³/mol. The van der Waals surface area contributed by atoms with Crippen LogP contribution in [-0.2, 0) is 101 Å². The van der Waals surface area contributed by atoms with E-state index in [2.05, 4.69) is 304 Å². The first kappa shape index (κ1) is 105. The van der Waals surface area contributed by atoms with Crippen LogP contribution in [0.3, 0.4) is 0 Å². The third-order valence-electron chi connectivity index (χ3n) is 28.1. The molecular formula is C129H119N12O6Pt3-3. The fourth-order valence-corrected chi connectivity index (χ4v) is 19.8. The molecular weight excluding hydrogens is 2400 g/mol. The fourth-order valence-electron chi connectivity index (χ4n) is 19.8. The third-order valence-corrected chi connectivity index (χ3v) is 28.1. The van der Waals surface area contributed by atoms with Crippen molar-refractivity contribution in [3.05, 3.63) is 355 Å². The van der Waals surface area contributed by atoms with E-state index in [1.807, 2.05) is 164 Å². The van der Waals surface area contributed by atoms with E-state index < -0.39 is 0 Å². The van der Waals surface area contributed by atoms with Gasteiger partial charge in [-0.25, -0.2) is 19.9 Å². The van der Waals surface area contributed by atoms with Crippen molar-refractivity contribution in [3.63, 3.8) is 0 Å². The van der Waals surface area contributed by atoms with Crippen LogP contribution in [0.15, 0.2) is 299 Å². The molecule has 0 saturated carbocycles. The number of phenolic OH excluding ortho intramolecular Hbond substituents is 3. The number of nitrogens with zero attached hydrogens (tertiary/aromatic N) is 12. The maximum atomic E-state index is 12.0. The van der Waals surface area contributed by atoms with Gasteiger partial charge in [0, 0.05) is 148 Å². The molecule has 12 heterocycles. The number of aryl methyl sites for hydroxylation is 2. The molecule has 764 valence electrons. The number of hydrogen-bond acceptors (Lipinski definition) is 15. The van der Waals surface area contributed by atoms with Gasteiger partial charge in [0.25, 0.3) is 0 Å². The summed E-state index contributed by atoms with van der Waals surface area (Å²) in [6.07, 6.45) is 11.2. The van der Waals surface area contributed by atoms with Crippen LogP contribution in [0.1, 0.15) is 196 Å². The van der Waals surface area contributed by atoms with Crippen molar-refractivity contribution in [1.82, 2.24) is 58.1 Å². The number of benzene rings is 11. The zero-order chi connectivity index (χ0) is 103. The van der Waals surface area contributed by atoms with Crippen LogP contribution in [-0.4, -0.2) is 73.4 Å². The van der Waals surface area contributed by atoms with Gasteiger partial charge in [-0.3, -0.25) is 24.9 Å². The summed E-state index contributed by atoms with van der Waals surface area (Å²) in [5.74, 6) is 1.95. The van der Waals surface area contributed by atoms with Crippen molar-refractivity contribution in [3.8, 4) is 141 Å². The molecule has 0 radical (unpaired) electrons. The quantitative estimate of drug-likeness (QED) is 0.102. The third kappa shape index (κ3) is 19.8. The SMILES string of the molecule is CC(C)(C)c1cc(-c2nc3c(-c4[c-]c(-c5ncc6oc7ccccc7c6n5)ccc4)cccn3c2-c2ccccc2)c(O)c(C(C)(C)C)c1.Cc1c(-c2cc(C(C)(C)C)cc(C(C)(C)C)c2O)nc2c(-c3[c-]c(-c4ncc5oc6ccccc6c5n4)cc(-c4ccccc4)c3)cccn12.Cc1c(-c2cc(C(C)(C)C)cc(C(C)(C)C)c2O)nc2c(-c3[c-]c(-c4ncnc5c4oc4ccccc45)cc(C(C)(C)C)c3)cccn12.[Pt].[Pt].[Pt]. The molecule has 11 aromatic carbocycles. The fraction of sp³-hybridized carbons (Fsp3) is 0.233. The molecule has 0 atom stereocenters. The van der Waals surface area contributed by atoms with Crippen molar-refractivity contribution in [1.29, 1.82) is 0 Å². The summed E-state index contributed by atoms with van der Waals surface area (Å²) in [5.41, 5.74) is 33.9. The molecule has 0 saturated heterocycles. The summed E-state index contributed by atoms with van der Waals surface area (Å²) in [7, 11) is 0. The van der Waals surface area contributed by atoms with E-state index in [4.69, 9.17) is 48.1 Å². The Hall–Kier alpha value is -14.4. The van der Waals surface area contributed by atoms with E-state index in [1.54, 1.807) is 18.7 Å². The molecule has 0 aliphatic carbocycles. The Bertz CT molecular complexity index is 9180. The summed E-state index contributed by atoms with van der Waals surface area (Å²) < 4.78 is 24.7. The molecule has 3 N–H and O–H groups in total.